The largest absolute Gasteiger partial charge is 0.374 e. The Kier molecular flexibility index (Phi) is 3.35. The van der Waals surface area contributed by atoms with E-state index in [2.05, 4.69) is 10.3 Å². The number of aromatic nitrogens is 2. The number of morpholine rings is 1. The van der Waals surface area contributed by atoms with Crippen molar-refractivity contribution < 1.29 is 4.74 Å². The molecule has 0 radical (unpaired) electrons. The van der Waals surface area contributed by atoms with Crippen LogP contribution >= 0.6 is 11.6 Å². The van der Waals surface area contributed by atoms with Gasteiger partial charge in [-0.05, 0) is 0 Å². The first-order valence-corrected chi connectivity index (χ1v) is 5.18. The van der Waals surface area contributed by atoms with Crippen LogP contribution in [-0.4, -0.2) is 35.4 Å². The minimum atomic E-state index is -0.298. The number of nitrogens with one attached hydrogen (secondary N) is 1. The quantitative estimate of drug-likeness (QED) is 0.769. The molecule has 0 saturated carbocycles. The molecule has 2 rings (SSSR count). The lowest BCUT2D eigenvalue weighted by atomic mass is 10.3. The molecular formula is C9H12ClN3O2. The minimum absolute atomic E-state index is 0.0108. The van der Waals surface area contributed by atoms with E-state index < -0.39 is 0 Å². The Morgan fingerprint density at radius 1 is 1.73 bits per heavy atom. The zero-order valence-electron chi connectivity index (χ0n) is 8.15. The highest BCUT2D eigenvalue weighted by atomic mass is 35.5. The van der Waals surface area contributed by atoms with E-state index in [0.717, 1.165) is 13.1 Å². The van der Waals surface area contributed by atoms with Crippen LogP contribution in [0.3, 0.4) is 0 Å². The molecule has 0 amide bonds. The van der Waals surface area contributed by atoms with Gasteiger partial charge in [-0.15, -0.1) is 0 Å². The van der Waals surface area contributed by atoms with E-state index in [0.29, 0.717) is 18.2 Å². The molecule has 15 heavy (non-hydrogen) atoms. The van der Waals surface area contributed by atoms with Crippen LogP contribution in [-0.2, 0) is 11.3 Å². The maximum absolute atomic E-state index is 11.4. The van der Waals surface area contributed by atoms with E-state index in [-0.39, 0.29) is 11.8 Å². The van der Waals surface area contributed by atoms with Crippen molar-refractivity contribution in [3.63, 3.8) is 0 Å². The minimum Gasteiger partial charge on any atom is -0.374 e. The van der Waals surface area contributed by atoms with Gasteiger partial charge in [-0.25, -0.2) is 9.78 Å². The molecule has 1 saturated heterocycles. The standard InChI is InChI=1S/C9H12ClN3O2/c10-7-3-12-9(14)13(5-7)6-8-4-11-1-2-15-8/h3,5,8,11H,1-2,4,6H2. The van der Waals surface area contributed by atoms with E-state index in [1.807, 2.05) is 0 Å². The Morgan fingerprint density at radius 3 is 3.33 bits per heavy atom. The van der Waals surface area contributed by atoms with Gasteiger partial charge in [0.15, 0.2) is 0 Å². The van der Waals surface area contributed by atoms with Crippen molar-refractivity contribution in [2.45, 2.75) is 12.6 Å². The molecule has 1 unspecified atom stereocenters. The summed E-state index contributed by atoms with van der Waals surface area (Å²) in [5.74, 6) is 0. The topological polar surface area (TPSA) is 56.2 Å². The molecule has 1 fully saturated rings. The Labute approximate surface area is 92.0 Å². The highest BCUT2D eigenvalue weighted by Gasteiger charge is 2.14. The fourth-order valence-corrected chi connectivity index (χ4v) is 1.68. The molecule has 2 heterocycles. The smallest absolute Gasteiger partial charge is 0.347 e. The SMILES string of the molecule is O=c1ncc(Cl)cn1CC1CNCCO1. The van der Waals surface area contributed by atoms with Gasteiger partial charge >= 0.3 is 5.69 Å². The third-order valence-electron chi connectivity index (χ3n) is 2.23. The van der Waals surface area contributed by atoms with Gasteiger partial charge in [-0.1, -0.05) is 11.6 Å². The fourth-order valence-electron chi connectivity index (χ4n) is 1.52. The summed E-state index contributed by atoms with van der Waals surface area (Å²) in [7, 11) is 0. The van der Waals surface area contributed by atoms with Crippen molar-refractivity contribution in [1.82, 2.24) is 14.9 Å². The number of nitrogens with zero attached hydrogens (tertiary/aromatic N) is 2. The monoisotopic (exact) mass is 229 g/mol. The molecule has 0 bridgehead atoms. The van der Waals surface area contributed by atoms with E-state index in [4.69, 9.17) is 16.3 Å². The number of hydrogen-bond donors (Lipinski definition) is 1. The van der Waals surface area contributed by atoms with Crippen molar-refractivity contribution in [3.8, 4) is 0 Å². The molecule has 1 aliphatic rings. The molecule has 5 nitrogen and oxygen atoms in total. The van der Waals surface area contributed by atoms with E-state index >= 15 is 0 Å². The molecule has 0 aromatic carbocycles. The molecule has 1 aliphatic heterocycles. The second kappa shape index (κ2) is 4.74. The van der Waals surface area contributed by atoms with Crippen molar-refractivity contribution in [2.24, 2.45) is 0 Å². The van der Waals surface area contributed by atoms with E-state index in [9.17, 15) is 4.79 Å². The molecule has 1 N–H and O–H groups in total. The zero-order chi connectivity index (χ0) is 10.7. The van der Waals surface area contributed by atoms with Gasteiger partial charge in [0, 0.05) is 19.3 Å². The first-order valence-electron chi connectivity index (χ1n) is 4.80. The molecule has 1 aromatic heterocycles. The maximum Gasteiger partial charge on any atom is 0.347 e. The fraction of sp³-hybridized carbons (Fsp3) is 0.556. The van der Waals surface area contributed by atoms with Gasteiger partial charge in [-0.3, -0.25) is 4.57 Å². The predicted molar refractivity (Wildman–Crippen MR) is 56.1 cm³/mol. The Morgan fingerprint density at radius 2 is 2.60 bits per heavy atom. The van der Waals surface area contributed by atoms with Gasteiger partial charge in [0.2, 0.25) is 0 Å². The first-order chi connectivity index (χ1) is 7.25. The summed E-state index contributed by atoms with van der Waals surface area (Å²) < 4.78 is 6.96. The van der Waals surface area contributed by atoms with Crippen LogP contribution in [0.4, 0.5) is 0 Å². The van der Waals surface area contributed by atoms with Crippen molar-refractivity contribution in [3.05, 3.63) is 27.9 Å². The molecule has 0 aliphatic carbocycles. The zero-order valence-corrected chi connectivity index (χ0v) is 8.91. The molecule has 1 atom stereocenters. The molecule has 0 spiro atoms. The third kappa shape index (κ3) is 2.77. The number of halogens is 1. The van der Waals surface area contributed by atoms with Crippen LogP contribution in [0.1, 0.15) is 0 Å². The van der Waals surface area contributed by atoms with E-state index in [1.165, 1.54) is 10.8 Å². The van der Waals surface area contributed by atoms with Gasteiger partial charge in [-0.2, -0.15) is 0 Å². The summed E-state index contributed by atoms with van der Waals surface area (Å²) in [6.07, 6.45) is 2.94. The molecule has 82 valence electrons. The summed E-state index contributed by atoms with van der Waals surface area (Å²) in [6.45, 7) is 2.77. The normalized spacial score (nSPS) is 21.5. The molecule has 1 aromatic rings. The summed E-state index contributed by atoms with van der Waals surface area (Å²) in [5, 5.41) is 3.65. The highest BCUT2D eigenvalue weighted by molar-refractivity contribution is 6.30. The van der Waals surface area contributed by atoms with Gasteiger partial charge < -0.3 is 10.1 Å². The number of hydrogen-bond acceptors (Lipinski definition) is 4. The van der Waals surface area contributed by atoms with Crippen LogP contribution < -0.4 is 11.0 Å². The lowest BCUT2D eigenvalue weighted by molar-refractivity contribution is 0.0174. The average Bonchev–Trinajstić information content (AvgIpc) is 2.25. The molecule has 6 heteroatoms. The van der Waals surface area contributed by atoms with Crippen LogP contribution in [0.2, 0.25) is 5.02 Å². The van der Waals surface area contributed by atoms with Crippen LogP contribution in [0.15, 0.2) is 17.2 Å². The summed E-state index contributed by atoms with van der Waals surface area (Å²) in [5.41, 5.74) is -0.298. The lowest BCUT2D eigenvalue weighted by Crippen LogP contribution is -2.42. The van der Waals surface area contributed by atoms with Crippen LogP contribution in [0.25, 0.3) is 0 Å². The highest BCUT2D eigenvalue weighted by Crippen LogP contribution is 2.04. The van der Waals surface area contributed by atoms with E-state index in [1.54, 1.807) is 6.20 Å². The van der Waals surface area contributed by atoms with Crippen LogP contribution in [0, 0.1) is 0 Å². The maximum atomic E-state index is 11.4. The summed E-state index contributed by atoms with van der Waals surface area (Å²) >= 11 is 5.76. The van der Waals surface area contributed by atoms with Crippen LogP contribution in [0.5, 0.6) is 0 Å². The summed E-state index contributed by atoms with van der Waals surface area (Å²) in [4.78, 5) is 15.0. The predicted octanol–water partition coefficient (Wildman–Crippen LogP) is -0.115. The average molecular weight is 230 g/mol. The molecular weight excluding hydrogens is 218 g/mol. The van der Waals surface area contributed by atoms with Crippen molar-refractivity contribution in [2.75, 3.05) is 19.7 Å². The van der Waals surface area contributed by atoms with Gasteiger partial charge in [0.1, 0.15) is 0 Å². The second-order valence-electron chi connectivity index (χ2n) is 3.40. The lowest BCUT2D eigenvalue weighted by Gasteiger charge is -2.23. The Bertz CT molecular complexity index is 387. The van der Waals surface area contributed by atoms with Crippen molar-refractivity contribution >= 4 is 11.6 Å². The number of rotatable bonds is 2. The Hall–Kier alpha value is -0.910. The van der Waals surface area contributed by atoms with Gasteiger partial charge in [0.25, 0.3) is 0 Å². The van der Waals surface area contributed by atoms with Gasteiger partial charge in [0.05, 0.1) is 30.5 Å². The second-order valence-corrected chi connectivity index (χ2v) is 3.84. The third-order valence-corrected chi connectivity index (χ3v) is 2.42. The van der Waals surface area contributed by atoms with Crippen molar-refractivity contribution in [1.29, 1.82) is 0 Å². The summed E-state index contributed by atoms with van der Waals surface area (Å²) in [6, 6.07) is 0. The number of ether oxygens (including phenoxy) is 1. The Balaban J connectivity index is 2.09. The first kappa shape index (κ1) is 10.6.